The largest absolute Gasteiger partial charge is 0.337 e. The number of nitrogens with zero attached hydrogens (tertiary/aromatic N) is 1. The van der Waals surface area contributed by atoms with Crippen LogP contribution >= 0.6 is 27.3 Å². The molecule has 1 heterocycles. The molecule has 0 radical (unpaired) electrons. The number of halogens is 1. The smallest absolute Gasteiger partial charge is 0.253 e. The second-order valence-corrected chi connectivity index (χ2v) is 6.69. The van der Waals surface area contributed by atoms with Crippen LogP contribution in [0.3, 0.4) is 0 Å². The van der Waals surface area contributed by atoms with E-state index in [-0.39, 0.29) is 5.91 Å². The zero-order valence-corrected chi connectivity index (χ0v) is 13.9. The molecule has 3 rings (SSSR count). The average Bonchev–Trinajstić information content (AvgIpc) is 2.98. The molecule has 4 heteroatoms. The first-order chi connectivity index (χ1) is 10.1. The first-order valence-corrected chi connectivity index (χ1v) is 8.33. The Morgan fingerprint density at radius 2 is 1.90 bits per heavy atom. The standard InChI is InChI=1S/C17H14BrNOS/c1-19(10-12-6-7-21-11-12)17(20)15-3-2-14-9-16(18)5-4-13(14)8-15/h2-9,11H,10H2,1H3. The number of fused-ring (bicyclic) bond motifs is 1. The molecule has 3 aromatic rings. The highest BCUT2D eigenvalue weighted by molar-refractivity contribution is 9.10. The SMILES string of the molecule is CN(Cc1ccsc1)C(=O)c1ccc2cc(Br)ccc2c1. The summed E-state index contributed by atoms with van der Waals surface area (Å²) in [6.07, 6.45) is 0. The molecule has 0 unspecified atom stereocenters. The van der Waals surface area contributed by atoms with E-state index < -0.39 is 0 Å². The van der Waals surface area contributed by atoms with Gasteiger partial charge < -0.3 is 4.90 Å². The predicted octanol–water partition coefficient (Wildman–Crippen LogP) is 4.94. The summed E-state index contributed by atoms with van der Waals surface area (Å²) >= 11 is 5.11. The highest BCUT2D eigenvalue weighted by Crippen LogP contribution is 2.22. The van der Waals surface area contributed by atoms with E-state index in [1.807, 2.05) is 48.8 Å². The second-order valence-electron chi connectivity index (χ2n) is 5.00. The molecular formula is C17H14BrNOS. The van der Waals surface area contributed by atoms with Gasteiger partial charge in [-0.3, -0.25) is 4.79 Å². The third-order valence-corrected chi connectivity index (χ3v) is 4.62. The summed E-state index contributed by atoms with van der Waals surface area (Å²) in [7, 11) is 1.84. The van der Waals surface area contributed by atoms with Crippen LogP contribution in [0.5, 0.6) is 0 Å². The van der Waals surface area contributed by atoms with Crippen molar-refractivity contribution < 1.29 is 4.79 Å². The van der Waals surface area contributed by atoms with Crippen molar-refractivity contribution >= 4 is 43.9 Å². The van der Waals surface area contributed by atoms with Gasteiger partial charge in [-0.15, -0.1) is 0 Å². The van der Waals surface area contributed by atoms with Crippen molar-refractivity contribution in [3.8, 4) is 0 Å². The Kier molecular flexibility index (Phi) is 4.08. The normalized spacial score (nSPS) is 10.8. The van der Waals surface area contributed by atoms with Crippen molar-refractivity contribution in [3.05, 3.63) is 68.8 Å². The maximum absolute atomic E-state index is 12.5. The molecule has 0 spiro atoms. The lowest BCUT2D eigenvalue weighted by molar-refractivity contribution is 0.0785. The minimum Gasteiger partial charge on any atom is -0.337 e. The zero-order chi connectivity index (χ0) is 14.8. The van der Waals surface area contributed by atoms with Crippen LogP contribution in [-0.2, 0) is 6.54 Å². The van der Waals surface area contributed by atoms with Gasteiger partial charge in [-0.2, -0.15) is 11.3 Å². The summed E-state index contributed by atoms with van der Waals surface area (Å²) < 4.78 is 1.05. The quantitative estimate of drug-likeness (QED) is 0.648. The van der Waals surface area contributed by atoms with Gasteiger partial charge in [0.05, 0.1) is 0 Å². The van der Waals surface area contributed by atoms with Gasteiger partial charge in [0.1, 0.15) is 0 Å². The molecule has 0 aliphatic carbocycles. The van der Waals surface area contributed by atoms with Gasteiger partial charge in [0.25, 0.3) is 5.91 Å². The highest BCUT2D eigenvalue weighted by Gasteiger charge is 2.12. The molecule has 0 N–H and O–H groups in total. The molecule has 0 bridgehead atoms. The number of amides is 1. The van der Waals surface area contributed by atoms with Crippen LogP contribution in [0.15, 0.2) is 57.7 Å². The Morgan fingerprint density at radius 3 is 2.67 bits per heavy atom. The number of rotatable bonds is 3. The lowest BCUT2D eigenvalue weighted by Gasteiger charge is -2.16. The molecule has 0 atom stereocenters. The fraction of sp³-hybridized carbons (Fsp3) is 0.118. The van der Waals surface area contributed by atoms with E-state index >= 15 is 0 Å². The van der Waals surface area contributed by atoms with E-state index in [9.17, 15) is 4.79 Å². The maximum atomic E-state index is 12.5. The van der Waals surface area contributed by atoms with E-state index in [0.29, 0.717) is 6.54 Å². The molecule has 0 saturated heterocycles. The molecule has 21 heavy (non-hydrogen) atoms. The number of hydrogen-bond donors (Lipinski definition) is 0. The van der Waals surface area contributed by atoms with Crippen LogP contribution in [-0.4, -0.2) is 17.9 Å². The van der Waals surface area contributed by atoms with Crippen LogP contribution < -0.4 is 0 Å². The number of carbonyl (C=O) groups excluding carboxylic acids is 1. The zero-order valence-electron chi connectivity index (χ0n) is 11.5. The Bertz CT molecular complexity index is 783. The molecular weight excluding hydrogens is 346 g/mol. The fourth-order valence-corrected chi connectivity index (χ4v) is 3.34. The fourth-order valence-electron chi connectivity index (χ4n) is 2.30. The third kappa shape index (κ3) is 3.17. The third-order valence-electron chi connectivity index (χ3n) is 3.40. The number of carbonyl (C=O) groups is 1. The van der Waals surface area contributed by atoms with Crippen molar-refractivity contribution in [2.45, 2.75) is 6.54 Å². The number of thiophene rings is 1. The predicted molar refractivity (Wildman–Crippen MR) is 91.8 cm³/mol. The molecule has 0 fully saturated rings. The van der Waals surface area contributed by atoms with E-state index in [1.165, 1.54) is 5.56 Å². The Morgan fingerprint density at radius 1 is 1.14 bits per heavy atom. The second kappa shape index (κ2) is 6.00. The topological polar surface area (TPSA) is 20.3 Å². The van der Waals surface area contributed by atoms with Crippen molar-refractivity contribution in [2.24, 2.45) is 0 Å². The lowest BCUT2D eigenvalue weighted by atomic mass is 10.1. The molecule has 2 aromatic carbocycles. The van der Waals surface area contributed by atoms with Crippen molar-refractivity contribution in [1.29, 1.82) is 0 Å². The van der Waals surface area contributed by atoms with Crippen LogP contribution in [0.2, 0.25) is 0 Å². The molecule has 0 aliphatic heterocycles. The van der Waals surface area contributed by atoms with Crippen LogP contribution in [0.25, 0.3) is 10.8 Å². The lowest BCUT2D eigenvalue weighted by Crippen LogP contribution is -2.25. The molecule has 1 amide bonds. The summed E-state index contributed by atoms with van der Waals surface area (Å²) in [6.45, 7) is 0.640. The van der Waals surface area contributed by atoms with Crippen molar-refractivity contribution in [3.63, 3.8) is 0 Å². The molecule has 0 saturated carbocycles. The van der Waals surface area contributed by atoms with Crippen molar-refractivity contribution in [1.82, 2.24) is 4.90 Å². The molecule has 1 aromatic heterocycles. The van der Waals surface area contributed by atoms with Gasteiger partial charge in [0, 0.05) is 23.6 Å². The summed E-state index contributed by atoms with van der Waals surface area (Å²) in [5.41, 5.74) is 1.89. The van der Waals surface area contributed by atoms with Gasteiger partial charge in [0.2, 0.25) is 0 Å². The van der Waals surface area contributed by atoms with Gasteiger partial charge in [0.15, 0.2) is 0 Å². The highest BCUT2D eigenvalue weighted by atomic mass is 79.9. The maximum Gasteiger partial charge on any atom is 0.253 e. The summed E-state index contributed by atoms with van der Waals surface area (Å²) in [4.78, 5) is 14.3. The molecule has 0 aliphatic rings. The van der Waals surface area contributed by atoms with E-state index in [4.69, 9.17) is 0 Å². The monoisotopic (exact) mass is 359 g/mol. The summed E-state index contributed by atoms with van der Waals surface area (Å²) in [5, 5.41) is 6.30. The summed E-state index contributed by atoms with van der Waals surface area (Å²) in [6, 6.07) is 14.0. The van der Waals surface area contributed by atoms with Gasteiger partial charge in [-0.1, -0.05) is 28.1 Å². The van der Waals surface area contributed by atoms with E-state index in [0.717, 1.165) is 20.8 Å². The van der Waals surface area contributed by atoms with E-state index in [1.54, 1.807) is 16.2 Å². The van der Waals surface area contributed by atoms with Crippen LogP contribution in [0.1, 0.15) is 15.9 Å². The Labute approximate surface area is 136 Å². The minimum absolute atomic E-state index is 0.0472. The van der Waals surface area contributed by atoms with Gasteiger partial charge >= 0.3 is 0 Å². The minimum atomic E-state index is 0.0472. The Balaban J connectivity index is 1.85. The van der Waals surface area contributed by atoms with Crippen LogP contribution in [0.4, 0.5) is 0 Å². The summed E-state index contributed by atoms with van der Waals surface area (Å²) in [5.74, 6) is 0.0472. The van der Waals surface area contributed by atoms with Gasteiger partial charge in [-0.25, -0.2) is 0 Å². The van der Waals surface area contributed by atoms with Crippen molar-refractivity contribution in [2.75, 3.05) is 7.05 Å². The van der Waals surface area contributed by atoms with Gasteiger partial charge in [-0.05, 0) is 57.4 Å². The number of hydrogen-bond acceptors (Lipinski definition) is 2. The number of benzene rings is 2. The molecule has 2 nitrogen and oxygen atoms in total. The molecule has 106 valence electrons. The van der Waals surface area contributed by atoms with Crippen LogP contribution in [0, 0.1) is 0 Å². The first-order valence-electron chi connectivity index (χ1n) is 6.59. The first kappa shape index (κ1) is 14.3. The Hall–Kier alpha value is -1.65. The van der Waals surface area contributed by atoms with E-state index in [2.05, 4.69) is 27.4 Å². The average molecular weight is 360 g/mol.